The predicted octanol–water partition coefficient (Wildman–Crippen LogP) is 2.77. The maximum atomic E-state index is 12.7. The third kappa shape index (κ3) is 4.28. The molecule has 0 unspecified atom stereocenters. The van der Waals surface area contributed by atoms with Gasteiger partial charge >= 0.3 is 0 Å². The third-order valence-electron chi connectivity index (χ3n) is 6.22. The van der Waals surface area contributed by atoms with E-state index in [0.717, 1.165) is 37.9 Å². The number of amides is 2. The van der Waals surface area contributed by atoms with Crippen LogP contribution in [0.15, 0.2) is 40.9 Å². The maximum absolute atomic E-state index is 12.7. The zero-order chi connectivity index (χ0) is 20.3. The Morgan fingerprint density at radius 2 is 2.03 bits per heavy atom. The molecule has 1 spiro atoms. The molecule has 0 saturated carbocycles. The highest BCUT2D eigenvalue weighted by atomic mass is 16.6. The molecular weight excluding hydrogens is 370 g/mol. The number of likely N-dealkylation sites (tertiary alicyclic amines) is 2. The number of aromatic nitrogens is 1. The lowest BCUT2D eigenvalue weighted by atomic mass is 9.72. The number of carbonyl (C=O) groups excluding carboxylic acids is 2. The van der Waals surface area contributed by atoms with Crippen LogP contribution >= 0.6 is 0 Å². The number of hydrogen-bond donors (Lipinski definition) is 0. The van der Waals surface area contributed by atoms with Crippen molar-refractivity contribution in [3.05, 3.63) is 48.0 Å². The van der Waals surface area contributed by atoms with Gasteiger partial charge in [-0.25, -0.2) is 0 Å². The summed E-state index contributed by atoms with van der Waals surface area (Å²) in [6, 6.07) is 9.19. The van der Waals surface area contributed by atoms with Gasteiger partial charge in [0.1, 0.15) is 0 Å². The van der Waals surface area contributed by atoms with Gasteiger partial charge in [0, 0.05) is 57.0 Å². The Labute approximate surface area is 170 Å². The summed E-state index contributed by atoms with van der Waals surface area (Å²) in [6.45, 7) is 2.84. The molecule has 154 valence electrons. The number of pyridine rings is 1. The summed E-state index contributed by atoms with van der Waals surface area (Å²) in [7, 11) is 1.52. The Hall–Kier alpha value is -2.83. The standard InChI is InChI=1S/C22H27N3O4/c1-28-20-6-5-18(29-20)21(27)24-14-10-22(11-15-24)9-7-19(26)25(16-22)13-8-17-4-2-3-12-23-17/h2-6,12H,7-11,13-16H2,1H3. The number of rotatable bonds is 5. The van der Waals surface area contributed by atoms with E-state index < -0.39 is 0 Å². The molecule has 4 heterocycles. The van der Waals surface area contributed by atoms with Crippen LogP contribution in [0.4, 0.5) is 0 Å². The van der Waals surface area contributed by atoms with Gasteiger partial charge in [-0.1, -0.05) is 6.07 Å². The topological polar surface area (TPSA) is 75.9 Å². The zero-order valence-electron chi connectivity index (χ0n) is 16.8. The van der Waals surface area contributed by atoms with Crippen molar-refractivity contribution in [3.63, 3.8) is 0 Å². The fourth-order valence-corrected chi connectivity index (χ4v) is 4.39. The van der Waals surface area contributed by atoms with E-state index in [-0.39, 0.29) is 17.2 Å². The van der Waals surface area contributed by atoms with E-state index >= 15 is 0 Å². The average molecular weight is 397 g/mol. The minimum Gasteiger partial charge on any atom is -0.468 e. The Morgan fingerprint density at radius 1 is 1.21 bits per heavy atom. The van der Waals surface area contributed by atoms with Gasteiger partial charge in [0.05, 0.1) is 7.11 Å². The summed E-state index contributed by atoms with van der Waals surface area (Å²) in [4.78, 5) is 33.3. The monoisotopic (exact) mass is 397 g/mol. The van der Waals surface area contributed by atoms with Gasteiger partial charge in [-0.3, -0.25) is 14.6 Å². The quantitative estimate of drug-likeness (QED) is 0.775. The highest BCUT2D eigenvalue weighted by Gasteiger charge is 2.41. The molecule has 29 heavy (non-hydrogen) atoms. The van der Waals surface area contributed by atoms with Gasteiger partial charge in [0.25, 0.3) is 11.9 Å². The third-order valence-corrected chi connectivity index (χ3v) is 6.22. The lowest BCUT2D eigenvalue weighted by molar-refractivity contribution is -0.138. The summed E-state index contributed by atoms with van der Waals surface area (Å²) < 4.78 is 10.4. The second kappa shape index (κ2) is 8.27. The molecule has 2 aromatic rings. The van der Waals surface area contributed by atoms with Gasteiger partial charge in [-0.05, 0) is 42.9 Å². The molecule has 2 fully saturated rings. The molecule has 2 aliphatic heterocycles. The first kappa shape index (κ1) is 19.5. The molecule has 0 aromatic carbocycles. The number of hydrogen-bond acceptors (Lipinski definition) is 5. The molecule has 0 N–H and O–H groups in total. The van der Waals surface area contributed by atoms with Gasteiger partial charge < -0.3 is 19.0 Å². The van der Waals surface area contributed by atoms with Crippen LogP contribution in [-0.4, -0.2) is 59.9 Å². The van der Waals surface area contributed by atoms with E-state index in [1.54, 1.807) is 18.3 Å². The van der Waals surface area contributed by atoms with E-state index in [1.165, 1.54) is 7.11 Å². The van der Waals surface area contributed by atoms with Crippen LogP contribution < -0.4 is 4.74 Å². The lowest BCUT2D eigenvalue weighted by Gasteiger charge is -2.47. The fourth-order valence-electron chi connectivity index (χ4n) is 4.39. The van der Waals surface area contributed by atoms with Crippen molar-refractivity contribution in [1.82, 2.24) is 14.8 Å². The minimum absolute atomic E-state index is 0.0953. The second-order valence-electron chi connectivity index (χ2n) is 8.00. The van der Waals surface area contributed by atoms with Crippen LogP contribution in [0, 0.1) is 5.41 Å². The highest BCUT2D eigenvalue weighted by molar-refractivity contribution is 5.91. The van der Waals surface area contributed by atoms with Crippen molar-refractivity contribution in [3.8, 4) is 5.95 Å². The molecule has 2 aliphatic rings. The van der Waals surface area contributed by atoms with E-state index in [2.05, 4.69) is 4.98 Å². The summed E-state index contributed by atoms with van der Waals surface area (Å²) in [5.41, 5.74) is 1.12. The minimum atomic E-state index is -0.0953. The van der Waals surface area contributed by atoms with E-state index in [4.69, 9.17) is 9.15 Å². The van der Waals surface area contributed by atoms with Crippen molar-refractivity contribution in [2.75, 3.05) is 33.3 Å². The van der Waals surface area contributed by atoms with E-state index in [1.807, 2.05) is 28.0 Å². The Morgan fingerprint density at radius 3 is 2.72 bits per heavy atom. The SMILES string of the molecule is COc1ccc(C(=O)N2CCC3(CCC(=O)N(CCc4ccccn4)C3)CC2)o1. The van der Waals surface area contributed by atoms with Crippen LogP contribution in [-0.2, 0) is 11.2 Å². The fraction of sp³-hybridized carbons (Fsp3) is 0.500. The molecule has 7 heteroatoms. The first-order chi connectivity index (χ1) is 14.1. The van der Waals surface area contributed by atoms with Gasteiger partial charge in [0.15, 0.2) is 5.76 Å². The highest BCUT2D eigenvalue weighted by Crippen LogP contribution is 2.40. The summed E-state index contributed by atoms with van der Waals surface area (Å²) in [5.74, 6) is 0.791. The first-order valence-electron chi connectivity index (χ1n) is 10.2. The lowest BCUT2D eigenvalue weighted by Crippen LogP contribution is -2.52. The molecule has 0 aliphatic carbocycles. The van der Waals surface area contributed by atoms with Crippen LogP contribution in [0.1, 0.15) is 41.9 Å². The molecule has 4 rings (SSSR count). The largest absolute Gasteiger partial charge is 0.468 e. The Kier molecular flexibility index (Phi) is 5.56. The summed E-state index contributed by atoms with van der Waals surface area (Å²) in [5, 5.41) is 0. The zero-order valence-corrected chi connectivity index (χ0v) is 16.8. The number of methoxy groups -OCH3 is 1. The average Bonchev–Trinajstić information content (AvgIpc) is 3.25. The van der Waals surface area contributed by atoms with E-state index in [0.29, 0.717) is 37.8 Å². The number of piperidine rings is 2. The van der Waals surface area contributed by atoms with E-state index in [9.17, 15) is 9.59 Å². The van der Waals surface area contributed by atoms with Crippen molar-refractivity contribution >= 4 is 11.8 Å². The van der Waals surface area contributed by atoms with Crippen molar-refractivity contribution < 1.29 is 18.7 Å². The van der Waals surface area contributed by atoms with Crippen LogP contribution in [0.25, 0.3) is 0 Å². The Bertz CT molecular complexity index is 856. The predicted molar refractivity (Wildman–Crippen MR) is 107 cm³/mol. The first-order valence-corrected chi connectivity index (χ1v) is 10.2. The van der Waals surface area contributed by atoms with Crippen LogP contribution in [0.5, 0.6) is 5.95 Å². The Balaban J connectivity index is 1.34. The number of furan rings is 1. The number of ether oxygens (including phenoxy) is 1. The molecule has 0 atom stereocenters. The van der Waals surface area contributed by atoms with Crippen molar-refractivity contribution in [1.29, 1.82) is 0 Å². The molecular formula is C22H27N3O4. The maximum Gasteiger partial charge on any atom is 0.289 e. The summed E-state index contributed by atoms with van der Waals surface area (Å²) >= 11 is 0. The van der Waals surface area contributed by atoms with Crippen LogP contribution in [0.2, 0.25) is 0 Å². The molecule has 2 aromatic heterocycles. The normalized spacial score (nSPS) is 18.9. The van der Waals surface area contributed by atoms with Gasteiger partial charge in [-0.2, -0.15) is 0 Å². The molecule has 7 nitrogen and oxygen atoms in total. The van der Waals surface area contributed by atoms with Gasteiger partial charge in [0.2, 0.25) is 5.91 Å². The number of nitrogens with zero attached hydrogens (tertiary/aromatic N) is 3. The second-order valence-corrected chi connectivity index (χ2v) is 8.00. The molecule has 0 radical (unpaired) electrons. The smallest absolute Gasteiger partial charge is 0.289 e. The van der Waals surface area contributed by atoms with Crippen molar-refractivity contribution in [2.24, 2.45) is 5.41 Å². The molecule has 2 amide bonds. The number of carbonyl (C=O) groups is 2. The molecule has 0 bridgehead atoms. The van der Waals surface area contributed by atoms with Crippen LogP contribution in [0.3, 0.4) is 0 Å². The summed E-state index contributed by atoms with van der Waals surface area (Å²) in [6.07, 6.45) is 5.87. The molecule has 2 saturated heterocycles. The van der Waals surface area contributed by atoms with Crippen molar-refractivity contribution in [2.45, 2.75) is 32.1 Å². The van der Waals surface area contributed by atoms with Gasteiger partial charge in [-0.15, -0.1) is 0 Å².